The summed E-state index contributed by atoms with van der Waals surface area (Å²) in [5.74, 6) is 0. The first-order valence-corrected chi connectivity index (χ1v) is 5.24. The summed E-state index contributed by atoms with van der Waals surface area (Å²) in [6.45, 7) is 4.64. The van der Waals surface area contributed by atoms with Crippen molar-refractivity contribution in [3.8, 4) is 0 Å². The van der Waals surface area contributed by atoms with Gasteiger partial charge < -0.3 is 0 Å². The molecule has 0 atom stereocenters. The van der Waals surface area contributed by atoms with Crippen molar-refractivity contribution in [2.45, 2.75) is 20.3 Å². The number of hydrogen-bond acceptors (Lipinski definition) is 2. The van der Waals surface area contributed by atoms with Crippen LogP contribution in [0, 0.1) is 13.8 Å². The van der Waals surface area contributed by atoms with Gasteiger partial charge in [-0.3, -0.25) is 0 Å². The summed E-state index contributed by atoms with van der Waals surface area (Å²) in [6, 6.07) is 4.15. The molecule has 1 rings (SSSR count). The van der Waals surface area contributed by atoms with Crippen molar-refractivity contribution in [1.29, 1.82) is 0 Å². The van der Waals surface area contributed by atoms with E-state index < -0.39 is 0 Å². The Kier molecular flexibility index (Phi) is 4.05. The maximum Gasteiger partial charge on any atom is 0.234 e. The number of aryl methyl sites for hydroxylation is 1. The third-order valence-electron chi connectivity index (χ3n) is 2.25. The summed E-state index contributed by atoms with van der Waals surface area (Å²) in [6.07, 6.45) is 2.34. The summed E-state index contributed by atoms with van der Waals surface area (Å²) in [5.41, 5.74) is 3.68. The third-order valence-corrected chi connectivity index (χ3v) is 3.47. The topological polar surface area (TPSA) is 29.4 Å². The zero-order valence-electron chi connectivity index (χ0n) is 8.30. The van der Waals surface area contributed by atoms with Crippen LogP contribution in [0.4, 0.5) is 0 Å². The van der Waals surface area contributed by atoms with Crippen LogP contribution in [0.5, 0.6) is 0 Å². The zero-order chi connectivity index (χ0) is 10.6. The van der Waals surface area contributed by atoms with Gasteiger partial charge in [0.25, 0.3) is 0 Å². The van der Waals surface area contributed by atoms with Crippen LogP contribution in [0.1, 0.15) is 16.7 Å². The fourth-order valence-corrected chi connectivity index (χ4v) is 1.74. The van der Waals surface area contributed by atoms with Crippen LogP contribution in [0.25, 0.3) is 0 Å². The number of rotatable bonds is 3. The fraction of sp³-hybridized carbons (Fsp3) is 0.364. The number of benzene rings is 1. The van der Waals surface area contributed by atoms with E-state index >= 15 is 0 Å². The standard InChI is InChI=1S/C11H12BrNO/c1-8-3-4-10(5-6-13-7-14)9(2)11(8)12/h3-4H,5-6H2,1-2H3. The lowest BCUT2D eigenvalue weighted by atomic mass is 10.0. The van der Waals surface area contributed by atoms with Gasteiger partial charge in [-0.2, -0.15) is 0 Å². The lowest BCUT2D eigenvalue weighted by Gasteiger charge is -2.08. The zero-order valence-corrected chi connectivity index (χ0v) is 9.89. The molecular weight excluding hydrogens is 242 g/mol. The number of nitrogens with zero attached hydrogens (tertiary/aromatic N) is 1. The van der Waals surface area contributed by atoms with E-state index in [0.29, 0.717) is 6.54 Å². The van der Waals surface area contributed by atoms with Crippen LogP contribution in [0.15, 0.2) is 21.6 Å². The average molecular weight is 254 g/mol. The Labute approximate surface area is 92.2 Å². The number of hydrogen-bond donors (Lipinski definition) is 0. The van der Waals surface area contributed by atoms with Crippen molar-refractivity contribution < 1.29 is 4.79 Å². The molecule has 0 amide bonds. The van der Waals surface area contributed by atoms with Crippen LogP contribution >= 0.6 is 15.9 Å². The molecule has 1 aromatic carbocycles. The Hall–Kier alpha value is -0.920. The summed E-state index contributed by atoms with van der Waals surface area (Å²) in [7, 11) is 0. The highest BCUT2D eigenvalue weighted by atomic mass is 79.9. The van der Waals surface area contributed by atoms with Gasteiger partial charge in [0.2, 0.25) is 6.08 Å². The van der Waals surface area contributed by atoms with Gasteiger partial charge in [-0.1, -0.05) is 28.1 Å². The van der Waals surface area contributed by atoms with E-state index in [1.807, 2.05) is 0 Å². The van der Waals surface area contributed by atoms with Crippen molar-refractivity contribution in [3.63, 3.8) is 0 Å². The van der Waals surface area contributed by atoms with Crippen molar-refractivity contribution in [2.24, 2.45) is 4.99 Å². The quantitative estimate of drug-likeness (QED) is 0.602. The van der Waals surface area contributed by atoms with Crippen LogP contribution < -0.4 is 0 Å². The summed E-state index contributed by atoms with van der Waals surface area (Å²) in [4.78, 5) is 13.4. The predicted octanol–water partition coefficient (Wildman–Crippen LogP) is 2.94. The van der Waals surface area contributed by atoms with E-state index in [0.717, 1.165) is 10.9 Å². The molecule has 14 heavy (non-hydrogen) atoms. The molecule has 0 aliphatic rings. The summed E-state index contributed by atoms with van der Waals surface area (Å²) >= 11 is 3.53. The van der Waals surface area contributed by atoms with Crippen LogP contribution in [-0.4, -0.2) is 12.6 Å². The van der Waals surface area contributed by atoms with Crippen LogP contribution in [-0.2, 0) is 11.2 Å². The van der Waals surface area contributed by atoms with E-state index in [2.05, 4.69) is 46.9 Å². The molecule has 2 nitrogen and oxygen atoms in total. The third kappa shape index (κ3) is 2.53. The number of aliphatic imine (C=N–C) groups is 1. The molecule has 0 N–H and O–H groups in total. The SMILES string of the molecule is Cc1ccc(CCN=C=O)c(C)c1Br. The first-order valence-electron chi connectivity index (χ1n) is 4.45. The largest absolute Gasteiger partial charge is 0.234 e. The number of carbonyl (C=O) groups excluding carboxylic acids is 1. The van der Waals surface area contributed by atoms with Crippen LogP contribution in [0.3, 0.4) is 0 Å². The van der Waals surface area contributed by atoms with Crippen molar-refractivity contribution in [1.82, 2.24) is 0 Å². The van der Waals surface area contributed by atoms with Crippen LogP contribution in [0.2, 0.25) is 0 Å². The monoisotopic (exact) mass is 253 g/mol. The van der Waals surface area contributed by atoms with Gasteiger partial charge in [-0.15, -0.1) is 0 Å². The number of isocyanates is 1. The lowest BCUT2D eigenvalue weighted by molar-refractivity contribution is 0.563. The van der Waals surface area contributed by atoms with E-state index in [1.54, 1.807) is 6.08 Å². The molecule has 74 valence electrons. The Morgan fingerprint density at radius 3 is 2.79 bits per heavy atom. The van der Waals surface area contributed by atoms with Gasteiger partial charge in [-0.25, -0.2) is 9.79 Å². The molecule has 0 heterocycles. The van der Waals surface area contributed by atoms with Crippen molar-refractivity contribution >= 4 is 22.0 Å². The molecule has 0 aliphatic carbocycles. The second-order valence-electron chi connectivity index (χ2n) is 3.20. The van der Waals surface area contributed by atoms with E-state index in [1.165, 1.54) is 16.7 Å². The van der Waals surface area contributed by atoms with E-state index in [4.69, 9.17) is 0 Å². The van der Waals surface area contributed by atoms with Crippen molar-refractivity contribution in [3.05, 3.63) is 33.3 Å². The van der Waals surface area contributed by atoms with Gasteiger partial charge in [0.05, 0.1) is 6.54 Å². The summed E-state index contributed by atoms with van der Waals surface area (Å²) in [5, 5.41) is 0. The highest BCUT2D eigenvalue weighted by Crippen LogP contribution is 2.24. The molecule has 0 saturated heterocycles. The highest BCUT2D eigenvalue weighted by molar-refractivity contribution is 9.10. The first kappa shape index (κ1) is 11.2. The second kappa shape index (κ2) is 5.08. The van der Waals surface area contributed by atoms with Gasteiger partial charge in [-0.05, 0) is 37.0 Å². The molecule has 3 heteroatoms. The molecule has 0 spiro atoms. The molecule has 0 saturated carbocycles. The normalized spacial score (nSPS) is 9.64. The minimum atomic E-state index is 0.514. The van der Waals surface area contributed by atoms with E-state index in [-0.39, 0.29) is 0 Å². The smallest absolute Gasteiger partial charge is 0.211 e. The van der Waals surface area contributed by atoms with E-state index in [9.17, 15) is 4.79 Å². The minimum absolute atomic E-state index is 0.514. The number of halogens is 1. The van der Waals surface area contributed by atoms with Crippen molar-refractivity contribution in [2.75, 3.05) is 6.54 Å². The molecular formula is C11H12BrNO. The molecule has 0 unspecified atom stereocenters. The molecule has 1 aromatic rings. The Balaban J connectivity index is 2.88. The molecule has 0 aromatic heterocycles. The maximum atomic E-state index is 9.90. The maximum absolute atomic E-state index is 9.90. The second-order valence-corrected chi connectivity index (χ2v) is 4.00. The minimum Gasteiger partial charge on any atom is -0.211 e. The van der Waals surface area contributed by atoms with Gasteiger partial charge in [0, 0.05) is 4.47 Å². The Morgan fingerprint density at radius 2 is 2.14 bits per heavy atom. The Bertz CT molecular complexity index is 381. The Morgan fingerprint density at radius 1 is 1.43 bits per heavy atom. The molecule has 0 bridgehead atoms. The fourth-order valence-electron chi connectivity index (χ4n) is 1.35. The molecule has 0 aliphatic heterocycles. The average Bonchev–Trinajstić information content (AvgIpc) is 2.18. The first-order chi connectivity index (χ1) is 6.66. The lowest BCUT2D eigenvalue weighted by Crippen LogP contribution is -1.95. The highest BCUT2D eigenvalue weighted by Gasteiger charge is 2.03. The summed E-state index contributed by atoms with van der Waals surface area (Å²) < 4.78 is 1.14. The van der Waals surface area contributed by atoms with Gasteiger partial charge in [0.15, 0.2) is 0 Å². The van der Waals surface area contributed by atoms with Gasteiger partial charge in [0.1, 0.15) is 0 Å². The van der Waals surface area contributed by atoms with Gasteiger partial charge >= 0.3 is 0 Å². The molecule has 0 fully saturated rings. The predicted molar refractivity (Wildman–Crippen MR) is 60.3 cm³/mol. The molecule has 0 radical (unpaired) electrons.